The minimum Gasteiger partial charge on any atom is -0.340 e. The minimum atomic E-state index is -0.892. The van der Waals surface area contributed by atoms with Crippen molar-refractivity contribution in [3.8, 4) is 40.0 Å². The summed E-state index contributed by atoms with van der Waals surface area (Å²) in [5.41, 5.74) is 5.93. The van der Waals surface area contributed by atoms with Gasteiger partial charge in [-0.3, -0.25) is 14.5 Å². The molecule has 2 N–H and O–H groups in total. The third-order valence-electron chi connectivity index (χ3n) is 11.4. The number of rotatable bonds is 11. The third-order valence-corrected chi connectivity index (χ3v) is 11.4. The normalized spacial score (nSPS) is 17.4. The van der Waals surface area contributed by atoms with Crippen LogP contribution in [0, 0.1) is 11.3 Å². The van der Waals surface area contributed by atoms with Gasteiger partial charge < -0.3 is 19.8 Å². The predicted molar refractivity (Wildman–Crippen MR) is 217 cm³/mol. The molecular formula is C45H46N10O2. The topological polar surface area (TPSA) is 151 Å². The van der Waals surface area contributed by atoms with Crippen LogP contribution in [0.5, 0.6) is 0 Å². The Balaban J connectivity index is 0.922. The number of carbonyl (C=O) groups is 2. The highest BCUT2D eigenvalue weighted by Gasteiger charge is 2.39. The molecule has 6 aromatic rings. The van der Waals surface area contributed by atoms with Crippen molar-refractivity contribution in [2.24, 2.45) is 0 Å². The summed E-state index contributed by atoms with van der Waals surface area (Å²) >= 11 is 0. The highest BCUT2D eigenvalue weighted by molar-refractivity contribution is 5.86. The van der Waals surface area contributed by atoms with Gasteiger partial charge in [-0.2, -0.15) is 5.26 Å². The highest BCUT2D eigenvalue weighted by Crippen LogP contribution is 2.36. The van der Waals surface area contributed by atoms with Crippen molar-refractivity contribution < 1.29 is 9.59 Å². The van der Waals surface area contributed by atoms with Gasteiger partial charge in [-0.15, -0.1) is 0 Å². The van der Waals surface area contributed by atoms with Gasteiger partial charge in [0.05, 0.1) is 41.9 Å². The second kappa shape index (κ2) is 16.7. The van der Waals surface area contributed by atoms with Crippen LogP contribution in [-0.4, -0.2) is 83.1 Å². The van der Waals surface area contributed by atoms with Crippen LogP contribution >= 0.6 is 0 Å². The van der Waals surface area contributed by atoms with E-state index in [-0.39, 0.29) is 29.9 Å². The monoisotopic (exact) mass is 758 g/mol. The molecule has 0 saturated carbocycles. The molecule has 0 unspecified atom stereocenters. The van der Waals surface area contributed by atoms with Gasteiger partial charge in [0.2, 0.25) is 11.8 Å². The van der Waals surface area contributed by atoms with Crippen LogP contribution in [0.2, 0.25) is 0 Å². The van der Waals surface area contributed by atoms with Gasteiger partial charge in [0.15, 0.2) is 5.82 Å². The van der Waals surface area contributed by atoms with E-state index in [1.54, 1.807) is 48.9 Å². The summed E-state index contributed by atoms with van der Waals surface area (Å²) in [5.74, 6) is 0.970. The minimum absolute atomic E-state index is 0.117. The van der Waals surface area contributed by atoms with Crippen molar-refractivity contribution in [3.63, 3.8) is 0 Å². The van der Waals surface area contributed by atoms with E-state index in [2.05, 4.69) is 48.0 Å². The van der Waals surface area contributed by atoms with E-state index < -0.39 is 5.92 Å². The zero-order valence-electron chi connectivity index (χ0n) is 32.3. The summed E-state index contributed by atoms with van der Waals surface area (Å²) in [5, 5.41) is 9.76. The molecule has 8 rings (SSSR count). The number of nitriles is 1. The quantitative estimate of drug-likeness (QED) is 0.137. The summed E-state index contributed by atoms with van der Waals surface area (Å²) in [4.78, 5) is 59.1. The van der Waals surface area contributed by atoms with Crippen LogP contribution in [0.15, 0.2) is 110 Å². The summed E-state index contributed by atoms with van der Waals surface area (Å²) in [6, 6.07) is 28.6. The second-order valence-corrected chi connectivity index (χ2v) is 14.9. The van der Waals surface area contributed by atoms with Gasteiger partial charge in [0.1, 0.15) is 23.6 Å². The van der Waals surface area contributed by atoms with E-state index in [1.165, 1.54) is 6.42 Å². The van der Waals surface area contributed by atoms with Crippen LogP contribution in [0.3, 0.4) is 0 Å². The molecule has 5 heterocycles. The summed E-state index contributed by atoms with van der Waals surface area (Å²) in [7, 11) is 1.69. The summed E-state index contributed by atoms with van der Waals surface area (Å²) < 4.78 is 0. The number of hydrogen-bond donors (Lipinski definition) is 2. The number of hydrogen-bond acceptors (Lipinski definition) is 8. The van der Waals surface area contributed by atoms with Crippen LogP contribution in [-0.2, 0) is 9.59 Å². The number of likely N-dealkylation sites (tertiary alicyclic amines) is 2. The lowest BCUT2D eigenvalue weighted by atomic mass is 9.99. The van der Waals surface area contributed by atoms with Crippen molar-refractivity contribution in [3.05, 3.63) is 132 Å². The molecule has 3 aromatic heterocycles. The molecule has 2 aliphatic heterocycles. The van der Waals surface area contributed by atoms with Gasteiger partial charge in [-0.1, -0.05) is 91.3 Å². The van der Waals surface area contributed by atoms with E-state index in [9.17, 15) is 14.9 Å². The number of carbonyl (C=O) groups excluding carboxylic acids is 2. The third kappa shape index (κ3) is 7.84. The van der Waals surface area contributed by atoms with Crippen molar-refractivity contribution >= 4 is 11.8 Å². The second-order valence-electron chi connectivity index (χ2n) is 14.9. The number of aromatic nitrogens is 6. The maximum Gasteiger partial charge on any atom is 0.245 e. The number of likely N-dealkylation sites (N-methyl/N-ethyl adjacent to an activating group) is 1. The standard InChI is InChI=1S/C45H46N10O2/c1-30(53(2)44(56)36(25-46)31-13-6-3-7-14-31)41-49-28-37(51-41)32-18-20-34(21-19-32)42-47-26-35(27-48-42)38-29-50-43(52-38)39-17-12-24-55(39)45(57)40(33-15-8-4-9-16-33)54-22-10-5-11-23-54/h3-4,6-9,13-16,18-21,26-30,36,39-40H,5,10-12,17,22-24H2,1-2H3,(H,49,51)(H,50,52)/t30-,36+,39-,40+/m0/s1. The van der Waals surface area contributed by atoms with E-state index >= 15 is 0 Å². The van der Waals surface area contributed by atoms with Gasteiger partial charge in [-0.05, 0) is 62.4 Å². The Morgan fingerprint density at radius 3 is 2.05 bits per heavy atom. The Hall–Kier alpha value is -6.45. The first-order valence-corrected chi connectivity index (χ1v) is 19.7. The molecule has 57 heavy (non-hydrogen) atoms. The highest BCUT2D eigenvalue weighted by atomic mass is 16.2. The first-order valence-electron chi connectivity index (χ1n) is 19.7. The summed E-state index contributed by atoms with van der Waals surface area (Å²) in [6.07, 6.45) is 12.4. The molecule has 3 aromatic carbocycles. The largest absolute Gasteiger partial charge is 0.340 e. The molecule has 4 atom stereocenters. The van der Waals surface area contributed by atoms with Gasteiger partial charge in [0, 0.05) is 37.1 Å². The predicted octanol–water partition coefficient (Wildman–Crippen LogP) is 7.64. The number of piperidine rings is 1. The SMILES string of the molecule is C[C@@H](c1ncc(-c2ccc(-c3ncc(-c4cnc([C@@H]5CCCN5C(=O)[C@@H](c5ccccc5)N5CCCCC5)[nH]4)cn3)cc2)[nH]1)N(C)C(=O)[C@H](C#N)c1ccccc1. The van der Waals surface area contributed by atoms with E-state index in [1.807, 2.05) is 72.5 Å². The smallest absolute Gasteiger partial charge is 0.245 e. The Morgan fingerprint density at radius 1 is 0.737 bits per heavy atom. The Bertz CT molecular complexity index is 2330. The fourth-order valence-electron chi connectivity index (χ4n) is 8.05. The molecule has 0 radical (unpaired) electrons. The molecule has 2 fully saturated rings. The molecule has 288 valence electrons. The van der Waals surface area contributed by atoms with Crippen LogP contribution < -0.4 is 0 Å². The number of amides is 2. The average Bonchev–Trinajstić information content (AvgIpc) is 4.07. The lowest BCUT2D eigenvalue weighted by Gasteiger charge is -2.37. The Kier molecular flexibility index (Phi) is 11.0. The van der Waals surface area contributed by atoms with Gasteiger partial charge in [-0.25, -0.2) is 19.9 Å². The average molecular weight is 759 g/mol. The van der Waals surface area contributed by atoms with Crippen molar-refractivity contribution in [2.75, 3.05) is 26.7 Å². The Labute approximate surface area is 332 Å². The van der Waals surface area contributed by atoms with Crippen LogP contribution in [0.4, 0.5) is 0 Å². The fourth-order valence-corrected chi connectivity index (χ4v) is 8.05. The maximum absolute atomic E-state index is 14.3. The number of aromatic amines is 2. The van der Waals surface area contributed by atoms with Crippen LogP contribution in [0.25, 0.3) is 33.9 Å². The maximum atomic E-state index is 14.3. The number of H-pyrrole nitrogens is 2. The van der Waals surface area contributed by atoms with E-state index in [0.29, 0.717) is 23.8 Å². The van der Waals surface area contributed by atoms with Crippen molar-refractivity contribution in [1.82, 2.24) is 44.6 Å². The lowest BCUT2D eigenvalue weighted by molar-refractivity contribution is -0.139. The molecule has 2 saturated heterocycles. The first kappa shape index (κ1) is 37.5. The Morgan fingerprint density at radius 2 is 1.37 bits per heavy atom. The molecular weight excluding hydrogens is 713 g/mol. The van der Waals surface area contributed by atoms with E-state index in [4.69, 9.17) is 4.98 Å². The van der Waals surface area contributed by atoms with Crippen LogP contribution in [0.1, 0.15) is 85.8 Å². The molecule has 0 spiro atoms. The zero-order valence-corrected chi connectivity index (χ0v) is 32.3. The molecule has 0 bridgehead atoms. The van der Waals surface area contributed by atoms with Gasteiger partial charge >= 0.3 is 0 Å². The number of nitrogens with one attached hydrogen (secondary N) is 2. The fraction of sp³-hybridized carbons (Fsp3) is 0.311. The van der Waals surface area contributed by atoms with Gasteiger partial charge in [0.25, 0.3) is 0 Å². The lowest BCUT2D eigenvalue weighted by Crippen LogP contribution is -2.44. The molecule has 0 aliphatic carbocycles. The van der Waals surface area contributed by atoms with E-state index in [0.717, 1.165) is 78.2 Å². The first-order chi connectivity index (χ1) is 27.9. The number of imidazole rings is 2. The van der Waals surface area contributed by atoms with Crippen molar-refractivity contribution in [1.29, 1.82) is 5.26 Å². The number of benzene rings is 3. The van der Waals surface area contributed by atoms with Crippen molar-refractivity contribution in [2.45, 2.75) is 63.1 Å². The zero-order chi connectivity index (χ0) is 39.3. The number of nitrogens with zero attached hydrogens (tertiary/aromatic N) is 8. The molecule has 12 nitrogen and oxygen atoms in total. The summed E-state index contributed by atoms with van der Waals surface area (Å²) in [6.45, 7) is 4.47. The molecule has 2 amide bonds. The molecule has 12 heteroatoms. The molecule has 2 aliphatic rings.